The first-order chi connectivity index (χ1) is 12.5. The number of aliphatic hydroxyl groups is 1. The van der Waals surface area contributed by atoms with Crippen molar-refractivity contribution in [1.29, 1.82) is 0 Å². The van der Waals surface area contributed by atoms with E-state index in [4.69, 9.17) is 0 Å². The van der Waals surface area contributed by atoms with Crippen LogP contribution >= 0.6 is 11.8 Å². The van der Waals surface area contributed by atoms with E-state index in [2.05, 4.69) is 20.2 Å². The Balaban J connectivity index is 1.95. The molecule has 2 heterocycles. The van der Waals surface area contributed by atoms with Crippen molar-refractivity contribution in [2.24, 2.45) is 7.05 Å². The van der Waals surface area contributed by atoms with Gasteiger partial charge in [-0.15, -0.1) is 10.2 Å². The lowest BCUT2D eigenvalue weighted by atomic mass is 10.2. The maximum absolute atomic E-state index is 10.8. The van der Waals surface area contributed by atoms with E-state index >= 15 is 0 Å². The number of non-ortho nitro benzene ring substituents is 1. The fraction of sp³-hybridized carbons (Fsp3) is 0.250. The zero-order valence-corrected chi connectivity index (χ0v) is 15.0. The average Bonchev–Trinajstić information content (AvgIpc) is 3.01. The highest BCUT2D eigenvalue weighted by molar-refractivity contribution is 7.99. The zero-order valence-electron chi connectivity index (χ0n) is 14.2. The van der Waals surface area contributed by atoms with Crippen LogP contribution in [-0.2, 0) is 20.1 Å². The van der Waals surface area contributed by atoms with Gasteiger partial charge in [0, 0.05) is 30.4 Å². The van der Waals surface area contributed by atoms with E-state index in [1.807, 2.05) is 13.0 Å². The lowest BCUT2D eigenvalue weighted by molar-refractivity contribution is -0.384. The van der Waals surface area contributed by atoms with Crippen LogP contribution in [0.5, 0.6) is 0 Å². The highest BCUT2D eigenvalue weighted by atomic mass is 32.2. The highest BCUT2D eigenvalue weighted by Gasteiger charge is 2.14. The van der Waals surface area contributed by atoms with Gasteiger partial charge < -0.3 is 9.67 Å². The molecule has 0 aliphatic carbocycles. The van der Waals surface area contributed by atoms with Gasteiger partial charge in [0.25, 0.3) is 5.69 Å². The van der Waals surface area contributed by atoms with Crippen LogP contribution in [0.4, 0.5) is 5.69 Å². The summed E-state index contributed by atoms with van der Waals surface area (Å²) in [5, 5.41) is 29.3. The van der Waals surface area contributed by atoms with Crippen LogP contribution in [0.2, 0.25) is 0 Å². The van der Waals surface area contributed by atoms with E-state index in [0.29, 0.717) is 27.4 Å². The number of aryl methyl sites for hydroxylation is 1. The van der Waals surface area contributed by atoms with Crippen molar-refractivity contribution < 1.29 is 10.0 Å². The third-order valence-corrected chi connectivity index (χ3v) is 4.67. The van der Waals surface area contributed by atoms with Crippen LogP contribution in [0.1, 0.15) is 18.4 Å². The molecule has 134 valence electrons. The Kier molecular flexibility index (Phi) is 5.24. The van der Waals surface area contributed by atoms with Crippen LogP contribution in [0.15, 0.2) is 40.5 Å². The molecule has 0 saturated carbocycles. The van der Waals surface area contributed by atoms with E-state index in [1.165, 1.54) is 23.9 Å². The SMILES string of the molecule is CCc1cc(Sc2nnc(CO)n2C)nc(-c2ccc([N+](=O)[O-])cc2)n1. The Morgan fingerprint density at radius 1 is 1.23 bits per heavy atom. The smallest absolute Gasteiger partial charge is 0.269 e. The first-order valence-electron chi connectivity index (χ1n) is 7.81. The third kappa shape index (κ3) is 3.70. The number of rotatable bonds is 6. The van der Waals surface area contributed by atoms with Gasteiger partial charge in [-0.1, -0.05) is 6.92 Å². The summed E-state index contributed by atoms with van der Waals surface area (Å²) in [7, 11) is 1.77. The Morgan fingerprint density at radius 2 is 1.96 bits per heavy atom. The monoisotopic (exact) mass is 372 g/mol. The normalized spacial score (nSPS) is 10.9. The van der Waals surface area contributed by atoms with E-state index in [1.54, 1.807) is 23.7 Å². The van der Waals surface area contributed by atoms with Crippen molar-refractivity contribution in [3.8, 4) is 11.4 Å². The van der Waals surface area contributed by atoms with Crippen LogP contribution < -0.4 is 0 Å². The number of hydrogen-bond acceptors (Lipinski definition) is 8. The molecular weight excluding hydrogens is 356 g/mol. The zero-order chi connectivity index (χ0) is 18.7. The van der Waals surface area contributed by atoms with Gasteiger partial charge in [0.2, 0.25) is 0 Å². The molecule has 10 heteroatoms. The van der Waals surface area contributed by atoms with Gasteiger partial charge in [-0.25, -0.2) is 9.97 Å². The molecule has 0 aliphatic rings. The number of nitro benzene ring substituents is 1. The topological polar surface area (TPSA) is 120 Å². The summed E-state index contributed by atoms with van der Waals surface area (Å²) in [4.78, 5) is 19.4. The number of benzene rings is 1. The second-order valence-electron chi connectivity index (χ2n) is 5.40. The second-order valence-corrected chi connectivity index (χ2v) is 6.38. The Bertz CT molecular complexity index is 942. The molecule has 0 radical (unpaired) electrons. The molecule has 1 N–H and O–H groups in total. The van der Waals surface area contributed by atoms with Crippen molar-refractivity contribution >= 4 is 17.4 Å². The first-order valence-corrected chi connectivity index (χ1v) is 8.63. The van der Waals surface area contributed by atoms with Crippen LogP contribution in [0, 0.1) is 10.1 Å². The molecule has 9 nitrogen and oxygen atoms in total. The van der Waals surface area contributed by atoms with E-state index in [-0.39, 0.29) is 12.3 Å². The standard InChI is InChI=1S/C16H16N6O3S/c1-3-11-8-14(26-16-20-19-13(9-23)21(16)2)18-15(17-11)10-4-6-12(7-5-10)22(24)25/h4-8,23H,3,9H2,1-2H3. The van der Waals surface area contributed by atoms with Crippen LogP contribution in [-0.4, -0.2) is 34.8 Å². The minimum Gasteiger partial charge on any atom is -0.388 e. The minimum atomic E-state index is -0.443. The number of nitrogens with zero attached hydrogens (tertiary/aromatic N) is 6. The third-order valence-electron chi connectivity index (χ3n) is 3.72. The molecule has 0 saturated heterocycles. The van der Waals surface area contributed by atoms with Crippen LogP contribution in [0.3, 0.4) is 0 Å². The maximum atomic E-state index is 10.8. The largest absolute Gasteiger partial charge is 0.388 e. The first kappa shape index (κ1) is 18.0. The Labute approximate surface area is 153 Å². The molecule has 26 heavy (non-hydrogen) atoms. The number of aromatic nitrogens is 5. The van der Waals surface area contributed by atoms with Crippen molar-refractivity contribution in [3.05, 3.63) is 52.0 Å². The second kappa shape index (κ2) is 7.58. The van der Waals surface area contributed by atoms with Gasteiger partial charge in [-0.05, 0) is 36.4 Å². The molecule has 0 unspecified atom stereocenters. The van der Waals surface area contributed by atoms with Gasteiger partial charge in [0.15, 0.2) is 16.8 Å². The Morgan fingerprint density at radius 3 is 2.54 bits per heavy atom. The minimum absolute atomic E-state index is 0.0191. The summed E-state index contributed by atoms with van der Waals surface area (Å²) < 4.78 is 1.70. The summed E-state index contributed by atoms with van der Waals surface area (Å²) in [5.74, 6) is 0.958. The van der Waals surface area contributed by atoms with Crippen molar-refractivity contribution in [2.45, 2.75) is 30.1 Å². The molecule has 3 aromatic rings. The molecule has 0 fully saturated rings. The quantitative estimate of drug-likeness (QED) is 0.398. The van der Waals surface area contributed by atoms with E-state index in [9.17, 15) is 15.2 Å². The van der Waals surface area contributed by atoms with E-state index in [0.717, 1.165) is 12.1 Å². The van der Waals surface area contributed by atoms with Gasteiger partial charge in [0.05, 0.1) is 4.92 Å². The molecule has 0 amide bonds. The highest BCUT2D eigenvalue weighted by Crippen LogP contribution is 2.28. The number of hydrogen-bond donors (Lipinski definition) is 1. The molecular formula is C16H16N6O3S. The van der Waals surface area contributed by atoms with Gasteiger partial charge in [-0.2, -0.15) is 0 Å². The van der Waals surface area contributed by atoms with Gasteiger partial charge in [0.1, 0.15) is 11.6 Å². The van der Waals surface area contributed by atoms with Crippen molar-refractivity contribution in [3.63, 3.8) is 0 Å². The summed E-state index contributed by atoms with van der Waals surface area (Å²) >= 11 is 1.32. The lowest BCUT2D eigenvalue weighted by Gasteiger charge is -2.07. The molecule has 2 aromatic heterocycles. The molecule has 0 aliphatic heterocycles. The molecule has 1 aromatic carbocycles. The van der Waals surface area contributed by atoms with Crippen molar-refractivity contribution in [1.82, 2.24) is 24.7 Å². The fourth-order valence-electron chi connectivity index (χ4n) is 2.23. The van der Waals surface area contributed by atoms with Crippen LogP contribution in [0.25, 0.3) is 11.4 Å². The number of aliphatic hydroxyl groups excluding tert-OH is 1. The molecule has 0 atom stereocenters. The predicted molar refractivity (Wildman–Crippen MR) is 94.5 cm³/mol. The average molecular weight is 372 g/mol. The molecule has 0 bridgehead atoms. The maximum Gasteiger partial charge on any atom is 0.269 e. The summed E-state index contributed by atoms with van der Waals surface area (Å²) in [6, 6.07) is 7.99. The molecule has 0 spiro atoms. The van der Waals surface area contributed by atoms with E-state index < -0.39 is 4.92 Å². The fourth-order valence-corrected chi connectivity index (χ4v) is 3.07. The van der Waals surface area contributed by atoms with Gasteiger partial charge >= 0.3 is 0 Å². The Hall–Kier alpha value is -2.85. The number of nitro groups is 1. The molecule has 3 rings (SSSR count). The summed E-state index contributed by atoms with van der Waals surface area (Å²) in [5.41, 5.74) is 1.56. The summed E-state index contributed by atoms with van der Waals surface area (Å²) in [6.45, 7) is 1.80. The van der Waals surface area contributed by atoms with Crippen molar-refractivity contribution in [2.75, 3.05) is 0 Å². The van der Waals surface area contributed by atoms with Gasteiger partial charge in [-0.3, -0.25) is 10.1 Å². The predicted octanol–water partition coefficient (Wildman–Crippen LogP) is 2.39. The lowest BCUT2D eigenvalue weighted by Crippen LogP contribution is -2.00. The summed E-state index contributed by atoms with van der Waals surface area (Å²) in [6.07, 6.45) is 0.719.